The van der Waals surface area contributed by atoms with E-state index >= 15 is 0 Å². The Hall–Kier alpha value is -3.96. The molecule has 0 radical (unpaired) electrons. The molecule has 34 heavy (non-hydrogen) atoms. The highest BCUT2D eigenvalue weighted by molar-refractivity contribution is 7.93. The van der Waals surface area contributed by atoms with Crippen molar-refractivity contribution in [3.8, 4) is 29.0 Å². The Morgan fingerprint density at radius 1 is 1.18 bits per heavy atom. The van der Waals surface area contributed by atoms with Crippen molar-refractivity contribution in [3.63, 3.8) is 0 Å². The van der Waals surface area contributed by atoms with Gasteiger partial charge in [0.1, 0.15) is 17.6 Å². The van der Waals surface area contributed by atoms with E-state index in [9.17, 15) is 26.9 Å². The number of nitrogens with zero attached hydrogens (tertiary/aromatic N) is 5. The molecule has 0 spiro atoms. The van der Waals surface area contributed by atoms with Crippen molar-refractivity contribution in [2.45, 2.75) is 11.1 Å². The van der Waals surface area contributed by atoms with Crippen LogP contribution >= 0.6 is 11.3 Å². The minimum atomic E-state index is -4.58. The van der Waals surface area contributed by atoms with Crippen molar-refractivity contribution in [2.75, 3.05) is 4.72 Å². The second-order valence-electron chi connectivity index (χ2n) is 6.73. The number of benzene rings is 1. The summed E-state index contributed by atoms with van der Waals surface area (Å²) >= 11 is 1.10. The maximum atomic E-state index is 12.9. The van der Waals surface area contributed by atoms with E-state index in [2.05, 4.69) is 19.8 Å². The topological polar surface area (TPSA) is 123 Å². The van der Waals surface area contributed by atoms with Crippen LogP contribution in [-0.4, -0.2) is 28.2 Å². The van der Waals surface area contributed by atoms with E-state index in [1.807, 2.05) is 6.07 Å². The number of nitriles is 1. The summed E-state index contributed by atoms with van der Waals surface area (Å²) < 4.78 is 72.7. The fraction of sp³-hybridized carbons (Fsp3) is 0.100. The number of sulfonamides is 1. The monoisotopic (exact) mass is 506 g/mol. The maximum Gasteiger partial charge on any atom is 0.435 e. The first-order valence-corrected chi connectivity index (χ1v) is 11.6. The van der Waals surface area contributed by atoms with Crippen molar-refractivity contribution in [1.29, 1.82) is 5.26 Å². The largest absolute Gasteiger partial charge is 0.454 e. The van der Waals surface area contributed by atoms with Gasteiger partial charge in [-0.1, -0.05) is 0 Å². The van der Waals surface area contributed by atoms with Crippen LogP contribution in [0.2, 0.25) is 0 Å². The lowest BCUT2D eigenvalue weighted by Gasteiger charge is -2.10. The number of nitrogens with one attached hydrogen (secondary N) is 1. The standard InChI is InChI=1S/C20H13F3N6O3S2/c1-29-16(9-18(27-29)20(21,22)23)15-4-2-13(11-26-15)32-17-5-3-14(8-12(17)10-24)34(30,31)28-19-25-6-7-33-19/h2-9,11H,1H3,(H,25,28). The van der Waals surface area contributed by atoms with Crippen LogP contribution in [0.15, 0.2) is 59.1 Å². The van der Waals surface area contributed by atoms with Crippen LogP contribution in [0.25, 0.3) is 11.4 Å². The lowest BCUT2D eigenvalue weighted by molar-refractivity contribution is -0.141. The third kappa shape index (κ3) is 4.85. The smallest absolute Gasteiger partial charge is 0.435 e. The Balaban J connectivity index is 1.55. The third-order valence-electron chi connectivity index (χ3n) is 4.43. The van der Waals surface area contributed by atoms with Gasteiger partial charge in [-0.3, -0.25) is 14.4 Å². The summed E-state index contributed by atoms with van der Waals surface area (Å²) in [4.78, 5) is 7.81. The zero-order valence-electron chi connectivity index (χ0n) is 17.1. The van der Waals surface area contributed by atoms with E-state index in [0.29, 0.717) is 0 Å². The molecule has 0 bridgehead atoms. The summed E-state index contributed by atoms with van der Waals surface area (Å²) in [7, 11) is -2.59. The number of alkyl halides is 3. The summed E-state index contributed by atoms with van der Waals surface area (Å²) in [5.41, 5.74) is -0.704. The molecule has 0 aliphatic rings. The fourth-order valence-electron chi connectivity index (χ4n) is 2.86. The average molecular weight is 506 g/mol. The number of hydrogen-bond acceptors (Lipinski definition) is 8. The number of ether oxygens (including phenoxy) is 1. The molecule has 0 unspecified atom stereocenters. The molecular formula is C20H13F3N6O3S2. The second kappa shape index (κ2) is 8.76. The first kappa shape index (κ1) is 23.2. The van der Waals surface area contributed by atoms with Gasteiger partial charge in [-0.05, 0) is 36.4 Å². The number of aromatic nitrogens is 4. The molecule has 3 heterocycles. The predicted molar refractivity (Wildman–Crippen MR) is 116 cm³/mol. The van der Waals surface area contributed by atoms with E-state index in [1.54, 1.807) is 5.38 Å². The van der Waals surface area contributed by atoms with Gasteiger partial charge in [-0.2, -0.15) is 23.5 Å². The van der Waals surface area contributed by atoms with Gasteiger partial charge in [0.25, 0.3) is 10.0 Å². The summed E-state index contributed by atoms with van der Waals surface area (Å²) in [5, 5.41) is 14.7. The zero-order valence-corrected chi connectivity index (χ0v) is 18.7. The molecule has 1 aromatic carbocycles. The second-order valence-corrected chi connectivity index (χ2v) is 9.31. The first-order valence-electron chi connectivity index (χ1n) is 9.29. The average Bonchev–Trinajstić information content (AvgIpc) is 3.43. The summed E-state index contributed by atoms with van der Waals surface area (Å²) in [6.45, 7) is 0. The molecule has 0 atom stereocenters. The van der Waals surface area contributed by atoms with E-state index in [-0.39, 0.29) is 38.5 Å². The number of halogens is 3. The summed E-state index contributed by atoms with van der Waals surface area (Å²) in [5.74, 6) is 0.264. The van der Waals surface area contributed by atoms with Crippen LogP contribution in [0.5, 0.6) is 11.5 Å². The number of rotatable bonds is 6. The molecule has 1 N–H and O–H groups in total. The van der Waals surface area contributed by atoms with Gasteiger partial charge in [-0.25, -0.2) is 13.4 Å². The SMILES string of the molecule is Cn1nc(C(F)(F)F)cc1-c1ccc(Oc2ccc(S(=O)(=O)Nc3nccs3)cc2C#N)cn1. The van der Waals surface area contributed by atoms with Crippen molar-refractivity contribution in [3.05, 3.63) is 65.4 Å². The molecule has 4 aromatic rings. The highest BCUT2D eigenvalue weighted by Crippen LogP contribution is 2.32. The van der Waals surface area contributed by atoms with Crippen LogP contribution < -0.4 is 9.46 Å². The van der Waals surface area contributed by atoms with E-state index in [4.69, 9.17) is 4.74 Å². The van der Waals surface area contributed by atoms with Crippen LogP contribution in [-0.2, 0) is 23.2 Å². The van der Waals surface area contributed by atoms with Gasteiger partial charge in [0, 0.05) is 18.6 Å². The quantitative estimate of drug-likeness (QED) is 0.411. The van der Waals surface area contributed by atoms with E-state index in [0.717, 1.165) is 28.2 Å². The molecule has 0 saturated carbocycles. The minimum Gasteiger partial charge on any atom is -0.454 e. The predicted octanol–water partition coefficient (Wildman–Crippen LogP) is 4.42. The molecule has 0 aliphatic carbocycles. The van der Waals surface area contributed by atoms with Crippen molar-refractivity contribution < 1.29 is 26.3 Å². The lowest BCUT2D eigenvalue weighted by Crippen LogP contribution is -2.13. The van der Waals surface area contributed by atoms with Crippen molar-refractivity contribution in [1.82, 2.24) is 19.7 Å². The van der Waals surface area contributed by atoms with Crippen LogP contribution in [0, 0.1) is 11.3 Å². The first-order chi connectivity index (χ1) is 16.1. The van der Waals surface area contributed by atoms with Gasteiger partial charge in [0.15, 0.2) is 10.8 Å². The Bertz CT molecular complexity index is 1480. The minimum absolute atomic E-state index is 0.0486. The normalized spacial score (nSPS) is 11.7. The van der Waals surface area contributed by atoms with E-state index in [1.165, 1.54) is 43.7 Å². The molecule has 4 rings (SSSR count). The molecule has 14 heteroatoms. The molecule has 0 fully saturated rings. The molecule has 3 aromatic heterocycles. The number of hydrogen-bond donors (Lipinski definition) is 1. The van der Waals surface area contributed by atoms with Gasteiger partial charge in [-0.15, -0.1) is 11.3 Å². The van der Waals surface area contributed by atoms with E-state index < -0.39 is 21.9 Å². The Morgan fingerprint density at radius 3 is 2.56 bits per heavy atom. The Kier molecular flexibility index (Phi) is 5.98. The highest BCUT2D eigenvalue weighted by atomic mass is 32.2. The molecule has 174 valence electrons. The van der Waals surface area contributed by atoms with Crippen molar-refractivity contribution >= 4 is 26.5 Å². The molecule has 0 aliphatic heterocycles. The van der Waals surface area contributed by atoms with Gasteiger partial charge >= 0.3 is 6.18 Å². The molecule has 0 saturated heterocycles. The number of aryl methyl sites for hydroxylation is 1. The summed E-state index contributed by atoms with van der Waals surface area (Å²) in [6, 6.07) is 9.40. The van der Waals surface area contributed by atoms with Gasteiger partial charge in [0.2, 0.25) is 0 Å². The van der Waals surface area contributed by atoms with Crippen LogP contribution in [0.1, 0.15) is 11.3 Å². The van der Waals surface area contributed by atoms with Crippen LogP contribution in [0.4, 0.5) is 18.3 Å². The number of pyridine rings is 1. The highest BCUT2D eigenvalue weighted by Gasteiger charge is 2.34. The fourth-order valence-corrected chi connectivity index (χ4v) is 4.68. The Morgan fingerprint density at radius 2 is 1.97 bits per heavy atom. The number of anilines is 1. The molecular weight excluding hydrogens is 493 g/mol. The zero-order chi connectivity index (χ0) is 24.5. The molecule has 9 nitrogen and oxygen atoms in total. The van der Waals surface area contributed by atoms with Crippen LogP contribution in [0.3, 0.4) is 0 Å². The van der Waals surface area contributed by atoms with Gasteiger partial charge < -0.3 is 4.74 Å². The maximum absolute atomic E-state index is 12.9. The lowest BCUT2D eigenvalue weighted by atomic mass is 10.2. The molecule has 0 amide bonds. The Labute approximate surface area is 195 Å². The number of thiazole rings is 1. The summed E-state index contributed by atoms with van der Waals surface area (Å²) in [6.07, 6.45) is -1.86. The van der Waals surface area contributed by atoms with Crippen molar-refractivity contribution in [2.24, 2.45) is 7.05 Å². The van der Waals surface area contributed by atoms with Gasteiger partial charge in [0.05, 0.1) is 28.0 Å². The third-order valence-corrected chi connectivity index (χ3v) is 6.59.